The molecule has 2 heterocycles. The van der Waals surface area contributed by atoms with E-state index < -0.39 is 15.8 Å². The molecule has 0 amide bonds. The van der Waals surface area contributed by atoms with Crippen LogP contribution in [0.1, 0.15) is 19.4 Å². The molecule has 0 aliphatic carbocycles. The minimum absolute atomic E-state index is 0.0793. The number of carboxylic acids is 1. The molecule has 0 saturated carbocycles. The van der Waals surface area contributed by atoms with E-state index in [-0.39, 0.29) is 29.1 Å². The summed E-state index contributed by atoms with van der Waals surface area (Å²) in [6.07, 6.45) is 1.59. The van der Waals surface area contributed by atoms with Crippen molar-refractivity contribution in [2.75, 3.05) is 30.3 Å². The van der Waals surface area contributed by atoms with Crippen LogP contribution in [0.4, 0.5) is 4.39 Å². The van der Waals surface area contributed by atoms with Crippen LogP contribution in [-0.4, -0.2) is 65.8 Å². The van der Waals surface area contributed by atoms with Crippen LogP contribution in [-0.2, 0) is 21.2 Å². The highest BCUT2D eigenvalue weighted by Gasteiger charge is 2.36. The van der Waals surface area contributed by atoms with E-state index in [4.69, 9.17) is 0 Å². The van der Waals surface area contributed by atoms with Crippen molar-refractivity contribution >= 4 is 27.6 Å². The van der Waals surface area contributed by atoms with Gasteiger partial charge in [0.2, 0.25) is 0 Å². The molecule has 6 nitrogen and oxygen atoms in total. The van der Waals surface area contributed by atoms with Gasteiger partial charge in [0.1, 0.15) is 12.0 Å². The average molecular weight is 441 g/mol. The lowest BCUT2D eigenvalue weighted by Crippen LogP contribution is -2.53. The Bertz CT molecular complexity index is 945. The molecule has 1 aromatic carbocycles. The van der Waals surface area contributed by atoms with E-state index in [0.29, 0.717) is 36.0 Å². The minimum Gasteiger partial charge on any atom is -0.478 e. The monoisotopic (exact) mass is 440 g/mol. The molecule has 1 atom stereocenters. The van der Waals surface area contributed by atoms with Gasteiger partial charge in [0.05, 0.1) is 22.1 Å². The van der Waals surface area contributed by atoms with Crippen molar-refractivity contribution in [3.63, 3.8) is 0 Å². The molecular weight excluding hydrogens is 415 g/mol. The Morgan fingerprint density at radius 3 is 2.59 bits per heavy atom. The third-order valence-corrected chi connectivity index (χ3v) is 7.69. The van der Waals surface area contributed by atoms with Crippen LogP contribution < -0.4 is 0 Å². The first-order valence-electron chi connectivity index (χ1n) is 9.46. The Morgan fingerprint density at radius 2 is 2.00 bits per heavy atom. The Morgan fingerprint density at radius 1 is 1.31 bits per heavy atom. The number of thioether (sulfide) groups is 1. The first-order valence-corrected chi connectivity index (χ1v) is 12.3. The Hall–Kier alpha value is -1.84. The molecular formula is C20H25FN2O4S2. The van der Waals surface area contributed by atoms with Crippen molar-refractivity contribution in [2.24, 2.45) is 0 Å². The van der Waals surface area contributed by atoms with Gasteiger partial charge in [0.25, 0.3) is 0 Å². The molecule has 9 heteroatoms. The van der Waals surface area contributed by atoms with Gasteiger partial charge in [-0.05, 0) is 42.0 Å². The van der Waals surface area contributed by atoms with Crippen LogP contribution in [0.3, 0.4) is 0 Å². The number of hydrogen-bond acceptors (Lipinski definition) is 6. The molecule has 29 heavy (non-hydrogen) atoms. The van der Waals surface area contributed by atoms with E-state index in [9.17, 15) is 22.7 Å². The summed E-state index contributed by atoms with van der Waals surface area (Å²) in [5.41, 5.74) is 1.63. The molecule has 2 aliphatic heterocycles. The number of benzene rings is 1. The van der Waals surface area contributed by atoms with Gasteiger partial charge in [0.15, 0.2) is 9.84 Å². The fourth-order valence-electron chi connectivity index (χ4n) is 3.67. The lowest BCUT2D eigenvalue weighted by molar-refractivity contribution is -0.132. The molecule has 1 aromatic rings. The quantitative estimate of drug-likeness (QED) is 0.729. The maximum atomic E-state index is 13.8. The first-order chi connectivity index (χ1) is 13.7. The third kappa shape index (κ3) is 5.02. The zero-order chi connectivity index (χ0) is 21.2. The molecule has 1 unspecified atom stereocenters. The molecule has 1 fully saturated rings. The zero-order valence-electron chi connectivity index (χ0n) is 16.5. The summed E-state index contributed by atoms with van der Waals surface area (Å²) in [4.78, 5) is 16.0. The van der Waals surface area contributed by atoms with Crippen molar-refractivity contribution < 1.29 is 22.7 Å². The maximum absolute atomic E-state index is 13.8. The van der Waals surface area contributed by atoms with Gasteiger partial charge < -0.3 is 10.0 Å². The molecule has 3 rings (SSSR count). The molecule has 0 spiro atoms. The van der Waals surface area contributed by atoms with Gasteiger partial charge in [0, 0.05) is 19.6 Å². The highest BCUT2D eigenvalue weighted by Crippen LogP contribution is 2.37. The van der Waals surface area contributed by atoms with Crippen LogP contribution in [0.15, 0.2) is 46.5 Å². The van der Waals surface area contributed by atoms with Gasteiger partial charge >= 0.3 is 5.97 Å². The number of sulfone groups is 1. The van der Waals surface area contributed by atoms with E-state index in [1.54, 1.807) is 19.1 Å². The maximum Gasteiger partial charge on any atom is 0.338 e. The highest BCUT2D eigenvalue weighted by atomic mass is 32.2. The number of aliphatic carboxylic acids is 1. The number of nitrogens with zero attached hydrogens (tertiary/aromatic N) is 2. The average Bonchev–Trinajstić information content (AvgIpc) is 2.64. The SMILES string of the molecule is CCSC1=C(C(=O)O)C(C)=CC(N2CCS(=O)(=O)CC2)N1Cc1cccc(F)c1. The summed E-state index contributed by atoms with van der Waals surface area (Å²) in [7, 11) is -3.04. The smallest absolute Gasteiger partial charge is 0.338 e. The van der Waals surface area contributed by atoms with Crippen molar-refractivity contribution in [1.29, 1.82) is 0 Å². The van der Waals surface area contributed by atoms with E-state index in [1.165, 1.54) is 23.9 Å². The van der Waals surface area contributed by atoms with Gasteiger partial charge in [-0.25, -0.2) is 17.6 Å². The fourth-order valence-corrected chi connectivity index (χ4v) is 5.91. The molecule has 0 aromatic heterocycles. The van der Waals surface area contributed by atoms with Crippen molar-refractivity contribution in [3.8, 4) is 0 Å². The second-order valence-electron chi connectivity index (χ2n) is 7.13. The van der Waals surface area contributed by atoms with E-state index in [0.717, 1.165) is 5.56 Å². The fraction of sp³-hybridized carbons (Fsp3) is 0.450. The Balaban J connectivity index is 2.02. The summed E-state index contributed by atoms with van der Waals surface area (Å²) >= 11 is 1.44. The molecule has 158 valence electrons. The Kier molecular flexibility index (Phi) is 6.70. The Labute approximate surface area is 175 Å². The molecule has 0 radical (unpaired) electrons. The molecule has 1 saturated heterocycles. The van der Waals surface area contributed by atoms with E-state index in [2.05, 4.69) is 4.90 Å². The van der Waals surface area contributed by atoms with Crippen molar-refractivity contribution in [1.82, 2.24) is 9.80 Å². The summed E-state index contributed by atoms with van der Waals surface area (Å²) in [5, 5.41) is 10.4. The number of rotatable bonds is 6. The number of hydrogen-bond donors (Lipinski definition) is 1. The first kappa shape index (κ1) is 21.9. The highest BCUT2D eigenvalue weighted by molar-refractivity contribution is 8.03. The standard InChI is InChI=1S/C20H25FN2O4S2/c1-3-28-19-18(20(24)25)14(2)11-17(22-7-9-29(26,27)10-8-22)23(19)13-15-5-4-6-16(21)12-15/h4-6,11-12,17H,3,7-10,13H2,1-2H3,(H,24,25). The predicted molar refractivity (Wildman–Crippen MR) is 113 cm³/mol. The number of carbonyl (C=O) groups is 1. The lowest BCUT2D eigenvalue weighted by atomic mass is 10.0. The third-order valence-electron chi connectivity index (χ3n) is 5.08. The second kappa shape index (κ2) is 8.89. The van der Waals surface area contributed by atoms with Crippen molar-refractivity contribution in [2.45, 2.75) is 26.6 Å². The summed E-state index contributed by atoms with van der Waals surface area (Å²) in [6.45, 7) is 4.81. The summed E-state index contributed by atoms with van der Waals surface area (Å²) in [5.74, 6) is -0.510. The van der Waals surface area contributed by atoms with Crippen LogP contribution in [0.5, 0.6) is 0 Å². The molecule has 2 aliphatic rings. The largest absolute Gasteiger partial charge is 0.478 e. The van der Waals surface area contributed by atoms with Crippen LogP contribution >= 0.6 is 11.8 Å². The van der Waals surface area contributed by atoms with Gasteiger partial charge in [-0.2, -0.15) is 0 Å². The van der Waals surface area contributed by atoms with Gasteiger partial charge in [-0.3, -0.25) is 4.90 Å². The normalized spacial score (nSPS) is 22.5. The zero-order valence-corrected chi connectivity index (χ0v) is 18.1. The summed E-state index contributed by atoms with van der Waals surface area (Å²) < 4.78 is 37.5. The van der Waals surface area contributed by atoms with Crippen molar-refractivity contribution in [3.05, 3.63) is 57.9 Å². The topological polar surface area (TPSA) is 77.9 Å². The molecule has 0 bridgehead atoms. The van der Waals surface area contributed by atoms with Crippen LogP contribution in [0.2, 0.25) is 0 Å². The van der Waals surface area contributed by atoms with Gasteiger partial charge in [-0.1, -0.05) is 19.1 Å². The van der Waals surface area contributed by atoms with Crippen LogP contribution in [0, 0.1) is 5.82 Å². The number of carboxylic acid groups (broad SMARTS) is 1. The molecule has 1 N–H and O–H groups in total. The van der Waals surface area contributed by atoms with E-state index >= 15 is 0 Å². The predicted octanol–water partition coefficient (Wildman–Crippen LogP) is 2.69. The summed E-state index contributed by atoms with van der Waals surface area (Å²) in [6, 6.07) is 6.25. The van der Waals surface area contributed by atoms with Crippen LogP contribution in [0.25, 0.3) is 0 Å². The second-order valence-corrected chi connectivity index (χ2v) is 10.7. The van der Waals surface area contributed by atoms with E-state index in [1.807, 2.05) is 17.9 Å². The van der Waals surface area contributed by atoms with Gasteiger partial charge in [-0.15, -0.1) is 11.8 Å². The number of halogens is 1. The minimum atomic E-state index is -3.04. The lowest BCUT2D eigenvalue weighted by Gasteiger charge is -2.44.